The van der Waals surface area contributed by atoms with E-state index in [0.717, 1.165) is 49.9 Å². The first kappa shape index (κ1) is 13.6. The van der Waals surface area contributed by atoms with Gasteiger partial charge in [-0.15, -0.1) is 0 Å². The second-order valence-electron chi connectivity index (χ2n) is 7.99. The number of imide groups is 1. The van der Waals surface area contributed by atoms with Crippen LogP contribution < -0.4 is 5.32 Å². The van der Waals surface area contributed by atoms with Gasteiger partial charge in [0, 0.05) is 6.54 Å². The number of nitrogens with zero attached hydrogens (tertiary/aromatic N) is 1. The van der Waals surface area contributed by atoms with Crippen molar-refractivity contribution in [2.45, 2.75) is 63.8 Å². The third-order valence-corrected chi connectivity index (χ3v) is 6.39. The Kier molecular flexibility index (Phi) is 3.05. The molecule has 0 spiro atoms. The first-order valence-corrected chi connectivity index (χ1v) is 8.73. The van der Waals surface area contributed by atoms with Gasteiger partial charge in [-0.3, -0.25) is 9.69 Å². The highest BCUT2D eigenvalue weighted by Crippen LogP contribution is 2.58. The van der Waals surface area contributed by atoms with Crippen LogP contribution in [0.2, 0.25) is 0 Å². The molecule has 5 aliphatic rings. The lowest BCUT2D eigenvalue weighted by molar-refractivity contribution is -0.149. The van der Waals surface area contributed by atoms with E-state index in [1.165, 1.54) is 19.3 Å². The number of rotatable bonds is 3. The Labute approximate surface area is 126 Å². The Morgan fingerprint density at radius 3 is 2.19 bits per heavy atom. The van der Waals surface area contributed by atoms with Crippen LogP contribution >= 0.6 is 0 Å². The van der Waals surface area contributed by atoms with E-state index in [2.05, 4.69) is 12.2 Å². The minimum Gasteiger partial charge on any atom is -0.337 e. The van der Waals surface area contributed by atoms with Gasteiger partial charge < -0.3 is 5.32 Å². The summed E-state index contributed by atoms with van der Waals surface area (Å²) in [5.74, 6) is 2.37. The van der Waals surface area contributed by atoms with Gasteiger partial charge in [0.15, 0.2) is 0 Å². The molecule has 5 rings (SSSR count). The first-order valence-electron chi connectivity index (χ1n) is 8.73. The number of carbonyl (C=O) groups excluding carboxylic acids is 2. The van der Waals surface area contributed by atoms with Crippen molar-refractivity contribution >= 4 is 11.9 Å². The molecule has 1 aliphatic heterocycles. The summed E-state index contributed by atoms with van der Waals surface area (Å²) in [6, 6.07) is -0.116. The lowest BCUT2D eigenvalue weighted by Crippen LogP contribution is -2.68. The van der Waals surface area contributed by atoms with Crippen molar-refractivity contribution < 1.29 is 9.59 Å². The molecule has 4 heteroatoms. The topological polar surface area (TPSA) is 49.4 Å². The van der Waals surface area contributed by atoms with Crippen LogP contribution in [0.4, 0.5) is 4.79 Å². The summed E-state index contributed by atoms with van der Waals surface area (Å²) in [4.78, 5) is 27.1. The maximum absolute atomic E-state index is 12.9. The summed E-state index contributed by atoms with van der Waals surface area (Å²) in [5.41, 5.74) is -0.137. The lowest BCUT2D eigenvalue weighted by Gasteiger charge is -2.60. The minimum atomic E-state index is -0.137. The molecule has 1 unspecified atom stereocenters. The van der Waals surface area contributed by atoms with Crippen molar-refractivity contribution in [3.63, 3.8) is 0 Å². The molecule has 0 aromatic rings. The predicted octanol–water partition coefficient (Wildman–Crippen LogP) is 2.92. The highest BCUT2D eigenvalue weighted by molar-refractivity contribution is 5.99. The summed E-state index contributed by atoms with van der Waals surface area (Å²) in [5, 5.41) is 2.99. The Hall–Kier alpha value is -1.06. The van der Waals surface area contributed by atoms with Gasteiger partial charge in [0.05, 0.1) is 11.5 Å². The number of amides is 3. The molecule has 116 valence electrons. The van der Waals surface area contributed by atoms with Crippen molar-refractivity contribution in [2.75, 3.05) is 6.54 Å². The number of urea groups is 1. The monoisotopic (exact) mass is 290 g/mol. The van der Waals surface area contributed by atoms with Crippen LogP contribution in [0, 0.1) is 23.7 Å². The van der Waals surface area contributed by atoms with Crippen molar-refractivity contribution in [3.8, 4) is 0 Å². The second kappa shape index (κ2) is 4.72. The van der Waals surface area contributed by atoms with E-state index in [4.69, 9.17) is 0 Å². The van der Waals surface area contributed by atoms with Gasteiger partial charge in [-0.05, 0) is 62.7 Å². The summed E-state index contributed by atoms with van der Waals surface area (Å²) in [6.07, 6.45) is 9.10. The van der Waals surface area contributed by atoms with Gasteiger partial charge in [0.1, 0.15) is 0 Å². The average Bonchev–Trinajstić information content (AvgIpc) is 2.40. The largest absolute Gasteiger partial charge is 0.337 e. The van der Waals surface area contributed by atoms with E-state index in [9.17, 15) is 9.59 Å². The molecule has 3 amide bonds. The van der Waals surface area contributed by atoms with E-state index in [1.807, 2.05) is 0 Å². The van der Waals surface area contributed by atoms with Crippen LogP contribution in [-0.2, 0) is 4.79 Å². The summed E-state index contributed by atoms with van der Waals surface area (Å²) >= 11 is 0. The normalized spacial score (nSPS) is 45.1. The Morgan fingerprint density at radius 1 is 1.10 bits per heavy atom. The zero-order chi connectivity index (χ0) is 14.6. The molecule has 4 bridgehead atoms. The molecule has 0 aromatic heterocycles. The number of carbonyl (C=O) groups is 2. The summed E-state index contributed by atoms with van der Waals surface area (Å²) in [7, 11) is 0. The molecule has 21 heavy (non-hydrogen) atoms. The fraction of sp³-hybridized carbons (Fsp3) is 0.882. The van der Waals surface area contributed by atoms with Crippen LogP contribution in [0.1, 0.15) is 58.3 Å². The van der Waals surface area contributed by atoms with Gasteiger partial charge in [-0.1, -0.05) is 13.3 Å². The van der Waals surface area contributed by atoms with Crippen LogP contribution in [-0.4, -0.2) is 28.9 Å². The summed E-state index contributed by atoms with van der Waals surface area (Å²) in [6.45, 7) is 2.65. The molecule has 4 aliphatic carbocycles. The lowest BCUT2D eigenvalue weighted by atomic mass is 9.52. The molecular formula is C17H26N2O2. The van der Waals surface area contributed by atoms with Crippen LogP contribution in [0.5, 0.6) is 0 Å². The molecule has 4 nitrogen and oxygen atoms in total. The molecule has 0 aromatic carbocycles. The van der Waals surface area contributed by atoms with Gasteiger partial charge in [0.2, 0.25) is 5.91 Å². The minimum absolute atomic E-state index is 0.000652. The van der Waals surface area contributed by atoms with Crippen LogP contribution in [0.15, 0.2) is 0 Å². The quantitative estimate of drug-likeness (QED) is 0.869. The fourth-order valence-corrected chi connectivity index (χ4v) is 6.02. The molecule has 0 radical (unpaired) electrons. The maximum Gasteiger partial charge on any atom is 0.324 e. The standard InChI is InChI=1S/C17H26N2O2/c1-2-3-14-10-18-16(21)19(15(14)20)17-7-11-4-12(8-17)6-13(5-11)9-17/h11-14H,2-10H2,1H3,(H,18,21). The summed E-state index contributed by atoms with van der Waals surface area (Å²) < 4.78 is 0. The Morgan fingerprint density at radius 2 is 1.67 bits per heavy atom. The zero-order valence-electron chi connectivity index (χ0n) is 12.9. The van der Waals surface area contributed by atoms with Gasteiger partial charge in [-0.2, -0.15) is 0 Å². The van der Waals surface area contributed by atoms with E-state index >= 15 is 0 Å². The molecule has 1 N–H and O–H groups in total. The fourth-order valence-electron chi connectivity index (χ4n) is 6.02. The number of nitrogens with one attached hydrogen (secondary N) is 1. The molecule has 4 saturated carbocycles. The zero-order valence-corrected chi connectivity index (χ0v) is 12.9. The van der Waals surface area contributed by atoms with Gasteiger partial charge in [-0.25, -0.2) is 4.79 Å². The Balaban J connectivity index is 1.64. The predicted molar refractivity (Wildman–Crippen MR) is 79.5 cm³/mol. The van der Waals surface area contributed by atoms with Crippen molar-refractivity contribution in [1.29, 1.82) is 0 Å². The smallest absolute Gasteiger partial charge is 0.324 e. The SMILES string of the molecule is CCCC1CNC(=O)N(C23CC4CC(CC(C4)C2)C3)C1=O. The van der Waals surface area contributed by atoms with Gasteiger partial charge >= 0.3 is 6.03 Å². The van der Waals surface area contributed by atoms with E-state index in [1.54, 1.807) is 4.90 Å². The first-order chi connectivity index (χ1) is 10.1. The molecule has 1 heterocycles. The van der Waals surface area contributed by atoms with Crippen LogP contribution in [0.25, 0.3) is 0 Å². The third kappa shape index (κ3) is 2.01. The van der Waals surface area contributed by atoms with E-state index in [-0.39, 0.29) is 23.4 Å². The number of hydrogen-bond donors (Lipinski definition) is 1. The Bertz CT molecular complexity index is 438. The number of hydrogen-bond acceptors (Lipinski definition) is 2. The highest BCUT2D eigenvalue weighted by Gasteiger charge is 2.57. The van der Waals surface area contributed by atoms with E-state index in [0.29, 0.717) is 6.54 Å². The molecule has 1 atom stereocenters. The third-order valence-electron chi connectivity index (χ3n) is 6.39. The van der Waals surface area contributed by atoms with Crippen molar-refractivity contribution in [2.24, 2.45) is 23.7 Å². The van der Waals surface area contributed by atoms with Crippen molar-refractivity contribution in [3.05, 3.63) is 0 Å². The van der Waals surface area contributed by atoms with Crippen LogP contribution in [0.3, 0.4) is 0 Å². The molecule has 1 saturated heterocycles. The maximum atomic E-state index is 12.9. The average molecular weight is 290 g/mol. The van der Waals surface area contributed by atoms with Crippen molar-refractivity contribution in [1.82, 2.24) is 10.2 Å². The van der Waals surface area contributed by atoms with E-state index < -0.39 is 0 Å². The second-order valence-corrected chi connectivity index (χ2v) is 7.99. The molecular weight excluding hydrogens is 264 g/mol. The molecule has 5 fully saturated rings. The van der Waals surface area contributed by atoms with Gasteiger partial charge in [0.25, 0.3) is 0 Å². The highest BCUT2D eigenvalue weighted by atomic mass is 16.2.